The van der Waals surface area contributed by atoms with E-state index in [1.54, 1.807) is 7.11 Å². The maximum absolute atomic E-state index is 6.19. The zero-order valence-corrected chi connectivity index (χ0v) is 13.7. The molecule has 0 bridgehead atoms. The van der Waals surface area contributed by atoms with Gasteiger partial charge in [0.2, 0.25) is 0 Å². The number of nitrogens with one attached hydrogen (secondary N) is 1. The number of rotatable bonds is 6. The molecule has 0 spiro atoms. The summed E-state index contributed by atoms with van der Waals surface area (Å²) >= 11 is 0. The molecule has 0 saturated heterocycles. The number of hydrogen-bond acceptors (Lipinski definition) is 3. The average Bonchev–Trinajstić information content (AvgIpc) is 2.77. The van der Waals surface area contributed by atoms with Crippen LogP contribution in [0.25, 0.3) is 0 Å². The molecule has 1 aliphatic carbocycles. The Labute approximate surface area is 129 Å². The lowest BCUT2D eigenvalue weighted by atomic mass is 10.0. The van der Waals surface area contributed by atoms with Crippen molar-refractivity contribution in [1.82, 2.24) is 5.32 Å². The molecule has 21 heavy (non-hydrogen) atoms. The summed E-state index contributed by atoms with van der Waals surface area (Å²) in [6.45, 7) is 2.82. The van der Waals surface area contributed by atoms with Gasteiger partial charge in [0.05, 0.1) is 25.9 Å². The molecular weight excluding hydrogens is 262 g/mol. The van der Waals surface area contributed by atoms with Crippen LogP contribution >= 0.6 is 0 Å². The molecule has 118 valence electrons. The highest BCUT2D eigenvalue weighted by Gasteiger charge is 2.18. The SMILES string of the molecule is CNC(COC1CCCCCC1)c1cc(C)ccc1OC. The number of likely N-dealkylation sites (N-methyl/N-ethyl adjacent to an activating group) is 1. The molecule has 1 unspecified atom stereocenters. The number of aryl methyl sites for hydroxylation is 1. The Morgan fingerprint density at radius 1 is 1.19 bits per heavy atom. The predicted molar refractivity (Wildman–Crippen MR) is 87.0 cm³/mol. The van der Waals surface area contributed by atoms with Gasteiger partial charge in [0.25, 0.3) is 0 Å². The zero-order valence-electron chi connectivity index (χ0n) is 13.7. The van der Waals surface area contributed by atoms with Gasteiger partial charge >= 0.3 is 0 Å². The minimum Gasteiger partial charge on any atom is -0.496 e. The quantitative estimate of drug-likeness (QED) is 0.804. The summed E-state index contributed by atoms with van der Waals surface area (Å²) in [4.78, 5) is 0. The van der Waals surface area contributed by atoms with E-state index < -0.39 is 0 Å². The Bertz CT molecular complexity index is 425. The Morgan fingerprint density at radius 2 is 1.90 bits per heavy atom. The second kappa shape index (κ2) is 8.40. The van der Waals surface area contributed by atoms with Gasteiger partial charge in [-0.2, -0.15) is 0 Å². The molecule has 1 aliphatic rings. The van der Waals surface area contributed by atoms with Crippen LogP contribution in [0.4, 0.5) is 0 Å². The summed E-state index contributed by atoms with van der Waals surface area (Å²) < 4.78 is 11.7. The molecule has 3 nitrogen and oxygen atoms in total. The van der Waals surface area contributed by atoms with Gasteiger partial charge in [-0.15, -0.1) is 0 Å². The number of benzene rings is 1. The van der Waals surface area contributed by atoms with E-state index in [9.17, 15) is 0 Å². The van der Waals surface area contributed by atoms with Gasteiger partial charge in [-0.25, -0.2) is 0 Å². The third-order valence-electron chi connectivity index (χ3n) is 4.41. The van der Waals surface area contributed by atoms with Gasteiger partial charge in [0.15, 0.2) is 0 Å². The highest BCUT2D eigenvalue weighted by atomic mass is 16.5. The maximum Gasteiger partial charge on any atom is 0.123 e. The van der Waals surface area contributed by atoms with Crippen molar-refractivity contribution in [2.45, 2.75) is 57.6 Å². The molecule has 0 amide bonds. The van der Waals surface area contributed by atoms with Crippen molar-refractivity contribution in [2.24, 2.45) is 0 Å². The normalized spacial score (nSPS) is 18.2. The van der Waals surface area contributed by atoms with E-state index >= 15 is 0 Å². The topological polar surface area (TPSA) is 30.5 Å². The molecule has 0 heterocycles. The summed E-state index contributed by atoms with van der Waals surface area (Å²) in [5.41, 5.74) is 2.44. The van der Waals surface area contributed by atoms with Gasteiger partial charge in [-0.1, -0.05) is 43.4 Å². The zero-order chi connectivity index (χ0) is 15.1. The monoisotopic (exact) mass is 291 g/mol. The minimum atomic E-state index is 0.183. The van der Waals surface area contributed by atoms with E-state index in [2.05, 4.69) is 24.4 Å². The van der Waals surface area contributed by atoms with Crippen molar-refractivity contribution < 1.29 is 9.47 Å². The summed E-state index contributed by atoms with van der Waals surface area (Å²) in [7, 11) is 3.72. The lowest BCUT2D eigenvalue weighted by Crippen LogP contribution is -2.25. The fourth-order valence-corrected chi connectivity index (χ4v) is 3.10. The molecule has 0 aliphatic heterocycles. The fourth-order valence-electron chi connectivity index (χ4n) is 3.10. The largest absolute Gasteiger partial charge is 0.496 e. The summed E-state index contributed by atoms with van der Waals surface area (Å²) in [6, 6.07) is 6.50. The third-order valence-corrected chi connectivity index (χ3v) is 4.41. The van der Waals surface area contributed by atoms with Crippen LogP contribution < -0.4 is 10.1 Å². The summed E-state index contributed by atoms with van der Waals surface area (Å²) in [6.07, 6.45) is 8.19. The third kappa shape index (κ3) is 4.72. The second-order valence-corrected chi connectivity index (χ2v) is 6.03. The Hall–Kier alpha value is -1.06. The molecule has 1 aromatic rings. The molecule has 1 fully saturated rings. The van der Waals surface area contributed by atoms with Gasteiger partial charge < -0.3 is 14.8 Å². The highest BCUT2D eigenvalue weighted by molar-refractivity contribution is 5.39. The van der Waals surface area contributed by atoms with Crippen molar-refractivity contribution in [2.75, 3.05) is 20.8 Å². The Morgan fingerprint density at radius 3 is 2.52 bits per heavy atom. The number of ether oxygens (including phenoxy) is 2. The van der Waals surface area contributed by atoms with Crippen LogP contribution in [-0.4, -0.2) is 26.9 Å². The first-order valence-electron chi connectivity index (χ1n) is 8.18. The molecule has 1 atom stereocenters. The summed E-state index contributed by atoms with van der Waals surface area (Å²) in [5, 5.41) is 3.37. The van der Waals surface area contributed by atoms with Gasteiger partial charge in [0, 0.05) is 5.56 Å². The van der Waals surface area contributed by atoms with E-state index in [4.69, 9.17) is 9.47 Å². The Balaban J connectivity index is 2.00. The molecule has 2 rings (SSSR count). The minimum absolute atomic E-state index is 0.183. The lowest BCUT2D eigenvalue weighted by Gasteiger charge is -2.23. The fraction of sp³-hybridized carbons (Fsp3) is 0.667. The molecule has 0 radical (unpaired) electrons. The second-order valence-electron chi connectivity index (χ2n) is 6.03. The van der Waals surface area contributed by atoms with Crippen molar-refractivity contribution in [3.8, 4) is 5.75 Å². The average molecular weight is 291 g/mol. The van der Waals surface area contributed by atoms with E-state index in [1.165, 1.54) is 49.7 Å². The standard InChI is InChI=1S/C18H29NO2/c1-14-10-11-18(20-3)16(12-14)17(19-2)13-21-15-8-6-4-5-7-9-15/h10-12,15,17,19H,4-9,13H2,1-3H3. The van der Waals surface area contributed by atoms with Crippen LogP contribution in [0.5, 0.6) is 5.75 Å². The molecule has 1 saturated carbocycles. The maximum atomic E-state index is 6.19. The van der Waals surface area contributed by atoms with E-state index in [0.29, 0.717) is 12.7 Å². The van der Waals surface area contributed by atoms with Crippen molar-refractivity contribution in [1.29, 1.82) is 0 Å². The lowest BCUT2D eigenvalue weighted by molar-refractivity contribution is 0.0296. The smallest absolute Gasteiger partial charge is 0.123 e. The molecular formula is C18H29NO2. The summed E-state index contributed by atoms with van der Waals surface area (Å²) in [5.74, 6) is 0.935. The van der Waals surface area contributed by atoms with Gasteiger partial charge in [-0.05, 0) is 32.9 Å². The van der Waals surface area contributed by atoms with Crippen LogP contribution in [0.15, 0.2) is 18.2 Å². The van der Waals surface area contributed by atoms with Crippen LogP contribution in [0.3, 0.4) is 0 Å². The first kappa shape index (κ1) is 16.3. The van der Waals surface area contributed by atoms with Crippen LogP contribution in [0, 0.1) is 6.92 Å². The number of hydrogen-bond donors (Lipinski definition) is 1. The van der Waals surface area contributed by atoms with Crippen LogP contribution in [-0.2, 0) is 4.74 Å². The molecule has 0 aromatic heterocycles. The van der Waals surface area contributed by atoms with Gasteiger partial charge in [-0.3, -0.25) is 0 Å². The Kier molecular flexibility index (Phi) is 6.52. The van der Waals surface area contributed by atoms with E-state index in [-0.39, 0.29) is 6.04 Å². The predicted octanol–water partition coefficient (Wildman–Crippen LogP) is 4.00. The molecule has 1 aromatic carbocycles. The molecule has 3 heteroatoms. The highest BCUT2D eigenvalue weighted by Crippen LogP contribution is 2.28. The first-order chi connectivity index (χ1) is 10.2. The first-order valence-corrected chi connectivity index (χ1v) is 8.18. The number of methoxy groups -OCH3 is 1. The van der Waals surface area contributed by atoms with Crippen LogP contribution in [0.2, 0.25) is 0 Å². The molecule has 1 N–H and O–H groups in total. The van der Waals surface area contributed by atoms with Crippen molar-refractivity contribution >= 4 is 0 Å². The van der Waals surface area contributed by atoms with Gasteiger partial charge in [0.1, 0.15) is 5.75 Å². The van der Waals surface area contributed by atoms with Crippen molar-refractivity contribution in [3.63, 3.8) is 0 Å². The van der Waals surface area contributed by atoms with Crippen LogP contribution in [0.1, 0.15) is 55.7 Å². The van der Waals surface area contributed by atoms with E-state index in [0.717, 1.165) is 5.75 Å². The van der Waals surface area contributed by atoms with E-state index in [1.807, 2.05) is 13.1 Å². The van der Waals surface area contributed by atoms with Crippen molar-refractivity contribution in [3.05, 3.63) is 29.3 Å².